The highest BCUT2D eigenvalue weighted by molar-refractivity contribution is 5.98. The highest BCUT2D eigenvalue weighted by Crippen LogP contribution is 2.20. The van der Waals surface area contributed by atoms with Crippen molar-refractivity contribution in [3.63, 3.8) is 0 Å². The first kappa shape index (κ1) is 13.2. The molecular formula is C14H18N2O. The summed E-state index contributed by atoms with van der Waals surface area (Å²) in [7, 11) is 1.86. The van der Waals surface area contributed by atoms with Crippen LogP contribution in [0.25, 0.3) is 6.08 Å². The Bertz CT molecular complexity index is 513. The van der Waals surface area contributed by atoms with Gasteiger partial charge in [0.25, 0.3) is 0 Å². The van der Waals surface area contributed by atoms with E-state index in [-0.39, 0.29) is 11.7 Å². The van der Waals surface area contributed by atoms with Crippen LogP contribution >= 0.6 is 0 Å². The highest BCUT2D eigenvalue weighted by atomic mass is 16.1. The van der Waals surface area contributed by atoms with Gasteiger partial charge >= 0.3 is 0 Å². The lowest BCUT2D eigenvalue weighted by Gasteiger charge is -2.07. The van der Waals surface area contributed by atoms with E-state index in [1.807, 2.05) is 44.5 Å². The molecule has 0 atom stereocenters. The number of rotatable bonds is 3. The van der Waals surface area contributed by atoms with Gasteiger partial charge in [-0.3, -0.25) is 4.79 Å². The second kappa shape index (κ2) is 5.01. The van der Waals surface area contributed by atoms with Gasteiger partial charge in [-0.25, -0.2) is 0 Å². The predicted octanol–water partition coefficient (Wildman–Crippen LogP) is 2.83. The summed E-state index contributed by atoms with van der Waals surface area (Å²) in [5.74, 6) is 0.277. The van der Waals surface area contributed by atoms with Gasteiger partial charge in [0, 0.05) is 12.7 Å². The van der Waals surface area contributed by atoms with Crippen molar-refractivity contribution >= 4 is 11.9 Å². The van der Waals surface area contributed by atoms with Crippen molar-refractivity contribution in [2.24, 2.45) is 13.0 Å². The third-order valence-electron chi connectivity index (χ3n) is 3.03. The van der Waals surface area contributed by atoms with E-state index in [0.717, 1.165) is 16.8 Å². The normalized spacial score (nSPS) is 11.7. The molecule has 1 rings (SSSR count). The fourth-order valence-electron chi connectivity index (χ4n) is 1.82. The number of allylic oxidation sites excluding steroid dienone is 1. The molecule has 90 valence electrons. The molecule has 1 aromatic rings. The van der Waals surface area contributed by atoms with Crippen molar-refractivity contribution in [2.45, 2.75) is 27.7 Å². The Morgan fingerprint density at radius 2 is 2.12 bits per heavy atom. The molecule has 1 heterocycles. The molecule has 3 nitrogen and oxygen atoms in total. The molecule has 0 amide bonds. The number of ketones is 1. The molecule has 1 aromatic heterocycles. The lowest BCUT2D eigenvalue weighted by atomic mass is 9.97. The Labute approximate surface area is 102 Å². The first-order chi connectivity index (χ1) is 7.88. The monoisotopic (exact) mass is 230 g/mol. The number of hydrogen-bond acceptors (Lipinski definition) is 2. The van der Waals surface area contributed by atoms with E-state index < -0.39 is 0 Å². The predicted molar refractivity (Wildman–Crippen MR) is 68.4 cm³/mol. The average molecular weight is 230 g/mol. The summed E-state index contributed by atoms with van der Waals surface area (Å²) in [5.41, 5.74) is 3.35. The Kier molecular flexibility index (Phi) is 3.90. The largest absolute Gasteiger partial charge is 0.339 e. The van der Waals surface area contributed by atoms with Crippen molar-refractivity contribution in [1.29, 1.82) is 5.26 Å². The maximum absolute atomic E-state index is 11.5. The second-order valence-corrected chi connectivity index (χ2v) is 4.55. The van der Waals surface area contributed by atoms with Gasteiger partial charge in [-0.1, -0.05) is 13.8 Å². The molecular weight excluding hydrogens is 212 g/mol. The quantitative estimate of drug-likeness (QED) is 0.749. The average Bonchev–Trinajstić information content (AvgIpc) is 2.52. The molecule has 0 unspecified atom stereocenters. The fourth-order valence-corrected chi connectivity index (χ4v) is 1.82. The maximum atomic E-state index is 11.5. The minimum Gasteiger partial charge on any atom is -0.339 e. The number of Topliss-reactive ketones (excluding diaryl/α,β-unsaturated/α-hetero) is 1. The number of carbonyl (C=O) groups excluding carboxylic acids is 1. The van der Waals surface area contributed by atoms with Gasteiger partial charge < -0.3 is 4.57 Å². The van der Waals surface area contributed by atoms with Crippen LogP contribution in [-0.2, 0) is 11.8 Å². The second-order valence-electron chi connectivity index (χ2n) is 4.55. The molecule has 0 aliphatic rings. The topological polar surface area (TPSA) is 45.8 Å². The Balaban J connectivity index is 3.31. The van der Waals surface area contributed by atoms with Crippen LogP contribution < -0.4 is 0 Å². The fraction of sp³-hybridized carbons (Fsp3) is 0.429. The highest BCUT2D eigenvalue weighted by Gasteiger charge is 2.12. The van der Waals surface area contributed by atoms with E-state index in [1.165, 1.54) is 0 Å². The first-order valence-electron chi connectivity index (χ1n) is 5.67. The van der Waals surface area contributed by atoms with Crippen LogP contribution in [0.4, 0.5) is 0 Å². The van der Waals surface area contributed by atoms with Crippen LogP contribution in [0.2, 0.25) is 0 Å². The summed E-state index contributed by atoms with van der Waals surface area (Å²) in [6, 6.07) is 3.96. The van der Waals surface area contributed by atoms with E-state index in [4.69, 9.17) is 5.26 Å². The third kappa shape index (κ3) is 2.65. The summed E-state index contributed by atoms with van der Waals surface area (Å²) in [4.78, 5) is 11.5. The molecule has 0 spiro atoms. The van der Waals surface area contributed by atoms with Crippen LogP contribution in [0.5, 0.6) is 0 Å². The number of carbonyl (C=O) groups is 1. The number of hydrogen-bond donors (Lipinski definition) is 0. The van der Waals surface area contributed by atoms with E-state index in [9.17, 15) is 4.79 Å². The maximum Gasteiger partial charge on any atom is 0.156 e. The zero-order valence-corrected chi connectivity index (χ0v) is 11.0. The third-order valence-corrected chi connectivity index (χ3v) is 3.03. The van der Waals surface area contributed by atoms with Gasteiger partial charge in [-0.15, -0.1) is 0 Å². The van der Waals surface area contributed by atoms with Crippen LogP contribution in [0.3, 0.4) is 0 Å². The molecule has 17 heavy (non-hydrogen) atoms. The van der Waals surface area contributed by atoms with Crippen LogP contribution in [-0.4, -0.2) is 10.4 Å². The van der Waals surface area contributed by atoms with Crippen molar-refractivity contribution in [3.05, 3.63) is 28.6 Å². The SMILES string of the molecule is CC(=O)/C(=C/c1cc(C#N)n(C)c1C)C(C)C. The molecule has 0 aliphatic heterocycles. The zero-order valence-electron chi connectivity index (χ0n) is 11.0. The Morgan fingerprint density at radius 1 is 1.53 bits per heavy atom. The molecule has 3 heteroatoms. The molecule has 0 saturated carbocycles. The van der Waals surface area contributed by atoms with Gasteiger partial charge in [0.1, 0.15) is 11.8 Å². The van der Waals surface area contributed by atoms with Crippen molar-refractivity contribution < 1.29 is 4.79 Å². The lowest BCUT2D eigenvalue weighted by molar-refractivity contribution is -0.113. The molecule has 0 radical (unpaired) electrons. The van der Waals surface area contributed by atoms with Crippen molar-refractivity contribution in [3.8, 4) is 6.07 Å². The van der Waals surface area contributed by atoms with Crippen LogP contribution in [0.1, 0.15) is 37.7 Å². The standard InChI is InChI=1S/C14H18N2O/c1-9(2)14(11(4)17)7-12-6-13(8-15)16(5)10(12)3/h6-7,9H,1-5H3/b14-7+. The van der Waals surface area contributed by atoms with Gasteiger partial charge in [-0.05, 0) is 43.0 Å². The molecule has 0 fully saturated rings. The Morgan fingerprint density at radius 3 is 2.47 bits per heavy atom. The van der Waals surface area contributed by atoms with Gasteiger partial charge in [0.2, 0.25) is 0 Å². The number of nitriles is 1. The van der Waals surface area contributed by atoms with E-state index in [0.29, 0.717) is 5.69 Å². The van der Waals surface area contributed by atoms with Gasteiger partial charge in [0.05, 0.1) is 0 Å². The number of nitrogens with zero attached hydrogens (tertiary/aromatic N) is 2. The molecule has 0 bridgehead atoms. The van der Waals surface area contributed by atoms with Gasteiger partial charge in [-0.2, -0.15) is 5.26 Å². The molecule has 0 aliphatic carbocycles. The summed E-state index contributed by atoms with van der Waals surface area (Å²) >= 11 is 0. The Hall–Kier alpha value is -1.82. The summed E-state index contributed by atoms with van der Waals surface area (Å²) in [5, 5.41) is 8.95. The van der Waals surface area contributed by atoms with Gasteiger partial charge in [0.15, 0.2) is 5.78 Å². The molecule has 0 saturated heterocycles. The number of aromatic nitrogens is 1. The van der Waals surface area contributed by atoms with E-state index >= 15 is 0 Å². The van der Waals surface area contributed by atoms with E-state index in [2.05, 4.69) is 6.07 Å². The van der Waals surface area contributed by atoms with E-state index in [1.54, 1.807) is 6.92 Å². The molecule has 0 aromatic carbocycles. The summed E-state index contributed by atoms with van der Waals surface area (Å²) in [6.07, 6.45) is 1.89. The first-order valence-corrected chi connectivity index (χ1v) is 5.67. The summed E-state index contributed by atoms with van der Waals surface area (Å²) in [6.45, 7) is 7.52. The van der Waals surface area contributed by atoms with Crippen molar-refractivity contribution in [1.82, 2.24) is 4.57 Å². The van der Waals surface area contributed by atoms with Crippen LogP contribution in [0, 0.1) is 24.2 Å². The smallest absolute Gasteiger partial charge is 0.156 e. The lowest BCUT2D eigenvalue weighted by Crippen LogP contribution is -2.04. The van der Waals surface area contributed by atoms with Crippen molar-refractivity contribution in [2.75, 3.05) is 0 Å². The zero-order chi connectivity index (χ0) is 13.2. The minimum absolute atomic E-state index is 0.0850. The van der Waals surface area contributed by atoms with Crippen LogP contribution in [0.15, 0.2) is 11.6 Å². The molecule has 0 N–H and O–H groups in total. The minimum atomic E-state index is 0.0850. The summed E-state index contributed by atoms with van der Waals surface area (Å²) < 4.78 is 1.84.